The van der Waals surface area contributed by atoms with Crippen LogP contribution in [-0.4, -0.2) is 11.8 Å². The second kappa shape index (κ2) is 5.87. The van der Waals surface area contributed by atoms with Crippen LogP contribution in [0, 0.1) is 0 Å². The van der Waals surface area contributed by atoms with Gasteiger partial charge >= 0.3 is 0 Å². The minimum Gasteiger partial charge on any atom is -0.326 e. The molecule has 2 amide bonds. The molecule has 108 valence electrons. The molecule has 1 aliphatic heterocycles. The second-order valence-electron chi connectivity index (χ2n) is 4.83. The van der Waals surface area contributed by atoms with Crippen LogP contribution >= 0.6 is 22.9 Å². The van der Waals surface area contributed by atoms with Gasteiger partial charge in [-0.2, -0.15) is 0 Å². The Hall–Kier alpha value is -1.85. The summed E-state index contributed by atoms with van der Waals surface area (Å²) in [5.41, 5.74) is 2.59. The zero-order valence-electron chi connectivity index (χ0n) is 11.1. The third-order valence-electron chi connectivity index (χ3n) is 3.28. The molecule has 0 radical (unpaired) electrons. The summed E-state index contributed by atoms with van der Waals surface area (Å²) in [5, 5.41) is 5.72. The first-order valence-corrected chi connectivity index (χ1v) is 7.81. The molecule has 0 saturated heterocycles. The minimum atomic E-state index is -0.176. The molecule has 1 aliphatic rings. The van der Waals surface area contributed by atoms with Crippen LogP contribution in [0.25, 0.3) is 0 Å². The van der Waals surface area contributed by atoms with E-state index in [4.69, 9.17) is 11.6 Å². The quantitative estimate of drug-likeness (QED) is 0.880. The molecule has 1 aromatic heterocycles. The lowest BCUT2D eigenvalue weighted by Gasteiger charge is -2.10. The maximum Gasteiger partial charge on any atom is 0.265 e. The van der Waals surface area contributed by atoms with E-state index in [1.54, 1.807) is 18.2 Å². The van der Waals surface area contributed by atoms with Crippen LogP contribution < -0.4 is 10.6 Å². The van der Waals surface area contributed by atoms with Gasteiger partial charge in [-0.05, 0) is 48.7 Å². The highest BCUT2D eigenvalue weighted by atomic mass is 35.5. The number of aryl methyl sites for hydroxylation is 1. The number of hydrogen-bond donors (Lipinski definition) is 2. The molecule has 4 nitrogen and oxygen atoms in total. The number of carbonyl (C=O) groups is 2. The van der Waals surface area contributed by atoms with Crippen molar-refractivity contribution in [2.24, 2.45) is 0 Å². The second-order valence-corrected chi connectivity index (χ2v) is 6.55. The highest BCUT2D eigenvalue weighted by Gasteiger charge is 2.14. The summed E-state index contributed by atoms with van der Waals surface area (Å²) in [7, 11) is 0. The summed E-state index contributed by atoms with van der Waals surface area (Å²) in [5.74, 6) is -0.136. The number of nitrogens with one attached hydrogen (secondary N) is 2. The molecule has 2 N–H and O–H groups in total. The first kappa shape index (κ1) is 14.1. The van der Waals surface area contributed by atoms with Crippen molar-refractivity contribution in [1.82, 2.24) is 0 Å². The predicted molar refractivity (Wildman–Crippen MR) is 85.3 cm³/mol. The minimum absolute atomic E-state index is 0.0405. The summed E-state index contributed by atoms with van der Waals surface area (Å²) < 4.78 is 0.588. The monoisotopic (exact) mass is 320 g/mol. The Bertz CT molecular complexity index is 711. The van der Waals surface area contributed by atoms with Crippen molar-refractivity contribution in [1.29, 1.82) is 0 Å². The lowest BCUT2D eigenvalue weighted by atomic mass is 10.1. The van der Waals surface area contributed by atoms with Crippen LogP contribution in [0.2, 0.25) is 4.34 Å². The third kappa shape index (κ3) is 3.25. The molecular formula is C15H13ClN2O2S. The van der Waals surface area contributed by atoms with Crippen LogP contribution in [0.15, 0.2) is 30.3 Å². The van der Waals surface area contributed by atoms with Crippen molar-refractivity contribution in [2.45, 2.75) is 19.3 Å². The smallest absolute Gasteiger partial charge is 0.265 e. The number of fused-ring (bicyclic) bond motifs is 1. The van der Waals surface area contributed by atoms with E-state index in [1.165, 1.54) is 11.3 Å². The van der Waals surface area contributed by atoms with E-state index >= 15 is 0 Å². The Kier molecular flexibility index (Phi) is 3.94. The van der Waals surface area contributed by atoms with Crippen molar-refractivity contribution >= 4 is 46.1 Å². The molecule has 0 unspecified atom stereocenters. The van der Waals surface area contributed by atoms with E-state index < -0.39 is 0 Å². The number of hydrogen-bond acceptors (Lipinski definition) is 3. The van der Waals surface area contributed by atoms with Crippen LogP contribution in [0.1, 0.15) is 28.1 Å². The summed E-state index contributed by atoms with van der Waals surface area (Å²) in [4.78, 5) is 24.2. The maximum atomic E-state index is 12.1. The van der Waals surface area contributed by atoms with Gasteiger partial charge in [-0.25, -0.2) is 0 Å². The molecule has 0 bridgehead atoms. The van der Waals surface area contributed by atoms with Crippen LogP contribution in [0.3, 0.4) is 0 Å². The van der Waals surface area contributed by atoms with Crippen molar-refractivity contribution in [3.8, 4) is 0 Å². The average molecular weight is 321 g/mol. The van der Waals surface area contributed by atoms with E-state index in [1.807, 2.05) is 12.1 Å². The van der Waals surface area contributed by atoms with Crippen molar-refractivity contribution in [3.63, 3.8) is 0 Å². The van der Waals surface area contributed by atoms with Gasteiger partial charge < -0.3 is 10.6 Å². The van der Waals surface area contributed by atoms with E-state index in [0.717, 1.165) is 29.8 Å². The van der Waals surface area contributed by atoms with Gasteiger partial charge in [0, 0.05) is 17.8 Å². The fourth-order valence-corrected chi connectivity index (χ4v) is 3.22. The maximum absolute atomic E-state index is 12.1. The van der Waals surface area contributed by atoms with Gasteiger partial charge in [-0.1, -0.05) is 11.6 Å². The Morgan fingerprint density at radius 1 is 1.24 bits per heavy atom. The SMILES string of the molecule is O=C1CCCc2cc(NC(=O)c3ccc(Cl)s3)ccc2N1. The molecule has 1 aromatic carbocycles. The number of amides is 2. The molecule has 0 atom stereocenters. The fourth-order valence-electron chi connectivity index (χ4n) is 2.28. The lowest BCUT2D eigenvalue weighted by molar-refractivity contribution is -0.116. The highest BCUT2D eigenvalue weighted by Crippen LogP contribution is 2.27. The number of benzene rings is 1. The molecule has 0 spiro atoms. The van der Waals surface area contributed by atoms with E-state index in [0.29, 0.717) is 15.6 Å². The van der Waals surface area contributed by atoms with Gasteiger partial charge in [-0.3, -0.25) is 9.59 Å². The molecule has 21 heavy (non-hydrogen) atoms. The first-order valence-electron chi connectivity index (χ1n) is 6.61. The fraction of sp³-hybridized carbons (Fsp3) is 0.200. The lowest BCUT2D eigenvalue weighted by Crippen LogP contribution is -2.11. The first-order chi connectivity index (χ1) is 10.1. The number of rotatable bonds is 2. The van der Waals surface area contributed by atoms with Crippen LogP contribution in [0.4, 0.5) is 11.4 Å². The Morgan fingerprint density at radius 2 is 2.10 bits per heavy atom. The van der Waals surface area contributed by atoms with Crippen molar-refractivity contribution in [2.75, 3.05) is 10.6 Å². The molecule has 6 heteroatoms. The number of carbonyl (C=O) groups excluding carboxylic acids is 2. The zero-order chi connectivity index (χ0) is 14.8. The highest BCUT2D eigenvalue weighted by molar-refractivity contribution is 7.18. The number of anilines is 2. The Morgan fingerprint density at radius 3 is 2.86 bits per heavy atom. The van der Waals surface area contributed by atoms with Gasteiger partial charge in [-0.15, -0.1) is 11.3 Å². The standard InChI is InChI=1S/C15H13ClN2O2S/c16-13-7-6-12(21-13)15(20)17-10-4-5-11-9(8-10)2-1-3-14(19)18-11/h4-8H,1-3H2,(H,17,20)(H,18,19). The summed E-state index contributed by atoms with van der Waals surface area (Å²) in [6, 6.07) is 8.93. The molecule has 0 fully saturated rings. The van der Waals surface area contributed by atoms with Gasteiger partial charge in [0.25, 0.3) is 5.91 Å². The normalized spacial score (nSPS) is 14.0. The molecule has 2 aromatic rings. The zero-order valence-corrected chi connectivity index (χ0v) is 12.7. The largest absolute Gasteiger partial charge is 0.326 e. The molecule has 0 saturated carbocycles. The van der Waals surface area contributed by atoms with E-state index in [-0.39, 0.29) is 11.8 Å². The molecule has 3 rings (SSSR count). The van der Waals surface area contributed by atoms with Crippen molar-refractivity contribution < 1.29 is 9.59 Å². The van der Waals surface area contributed by atoms with Gasteiger partial charge in [0.1, 0.15) is 0 Å². The van der Waals surface area contributed by atoms with Gasteiger partial charge in [0.2, 0.25) is 5.91 Å². The predicted octanol–water partition coefficient (Wildman–Crippen LogP) is 3.93. The van der Waals surface area contributed by atoms with E-state index in [2.05, 4.69) is 10.6 Å². The van der Waals surface area contributed by atoms with Gasteiger partial charge in [0.15, 0.2) is 0 Å². The summed E-state index contributed by atoms with van der Waals surface area (Å²) in [6.07, 6.45) is 2.17. The summed E-state index contributed by atoms with van der Waals surface area (Å²) >= 11 is 7.08. The molecular weight excluding hydrogens is 308 g/mol. The number of halogens is 1. The molecule has 0 aliphatic carbocycles. The van der Waals surface area contributed by atoms with Crippen LogP contribution in [0.5, 0.6) is 0 Å². The van der Waals surface area contributed by atoms with Crippen LogP contribution in [-0.2, 0) is 11.2 Å². The Labute approximate surface area is 131 Å². The average Bonchev–Trinajstić information content (AvgIpc) is 2.79. The van der Waals surface area contributed by atoms with E-state index in [9.17, 15) is 9.59 Å². The Balaban J connectivity index is 1.79. The third-order valence-corrected chi connectivity index (χ3v) is 4.51. The number of thiophene rings is 1. The molecule has 2 heterocycles. The topological polar surface area (TPSA) is 58.2 Å². The summed E-state index contributed by atoms with van der Waals surface area (Å²) in [6.45, 7) is 0. The van der Waals surface area contributed by atoms with Crippen molar-refractivity contribution in [3.05, 3.63) is 45.1 Å². The van der Waals surface area contributed by atoms with Gasteiger partial charge in [0.05, 0.1) is 9.21 Å².